The summed E-state index contributed by atoms with van der Waals surface area (Å²) in [4.78, 5) is 17.4. The van der Waals surface area contributed by atoms with Gasteiger partial charge in [0.15, 0.2) is 5.13 Å². The molecule has 2 atom stereocenters. The quantitative estimate of drug-likeness (QED) is 0.879. The molecule has 0 saturated heterocycles. The number of hydrogen-bond acceptors (Lipinski definition) is 4. The van der Waals surface area contributed by atoms with Crippen molar-refractivity contribution in [1.82, 2.24) is 4.98 Å². The predicted molar refractivity (Wildman–Crippen MR) is 77.3 cm³/mol. The highest BCUT2D eigenvalue weighted by molar-refractivity contribution is 7.15. The summed E-state index contributed by atoms with van der Waals surface area (Å²) >= 11 is 1.50. The second-order valence-corrected chi connectivity index (χ2v) is 6.30. The topological polar surface area (TPSA) is 68.0 Å². The van der Waals surface area contributed by atoms with Crippen LogP contribution in [0.15, 0.2) is 6.20 Å². The van der Waals surface area contributed by atoms with Gasteiger partial charge in [-0.05, 0) is 26.7 Å². The molecule has 0 aromatic carbocycles. The highest BCUT2D eigenvalue weighted by Crippen LogP contribution is 2.32. The molecule has 1 aromatic rings. The molecule has 1 aliphatic carbocycles. The molecule has 102 valence electrons. The van der Waals surface area contributed by atoms with Gasteiger partial charge in [-0.3, -0.25) is 4.79 Å². The van der Waals surface area contributed by atoms with Crippen LogP contribution in [0.4, 0.5) is 5.13 Å². The third kappa shape index (κ3) is 3.43. The SMILES string of the molecule is Cc1cnc(NC(=O)C2CCCCC2(C)N)s1.Cl. The lowest BCUT2D eigenvalue weighted by Gasteiger charge is -2.36. The van der Waals surface area contributed by atoms with Crippen molar-refractivity contribution < 1.29 is 4.79 Å². The van der Waals surface area contributed by atoms with Crippen molar-refractivity contribution in [3.63, 3.8) is 0 Å². The summed E-state index contributed by atoms with van der Waals surface area (Å²) in [6, 6.07) is 0. The van der Waals surface area contributed by atoms with Crippen molar-refractivity contribution in [3.05, 3.63) is 11.1 Å². The van der Waals surface area contributed by atoms with Gasteiger partial charge in [-0.25, -0.2) is 4.98 Å². The van der Waals surface area contributed by atoms with Gasteiger partial charge in [0.2, 0.25) is 5.91 Å². The van der Waals surface area contributed by atoms with Gasteiger partial charge in [0.25, 0.3) is 0 Å². The zero-order chi connectivity index (χ0) is 12.5. The molecular formula is C12H20ClN3OS. The minimum atomic E-state index is -0.380. The molecule has 3 N–H and O–H groups in total. The van der Waals surface area contributed by atoms with E-state index in [1.165, 1.54) is 11.3 Å². The van der Waals surface area contributed by atoms with Gasteiger partial charge in [-0.2, -0.15) is 0 Å². The summed E-state index contributed by atoms with van der Waals surface area (Å²) in [7, 11) is 0. The smallest absolute Gasteiger partial charge is 0.231 e. The molecule has 1 aliphatic rings. The van der Waals surface area contributed by atoms with Crippen molar-refractivity contribution in [1.29, 1.82) is 0 Å². The Bertz CT molecular complexity index is 419. The van der Waals surface area contributed by atoms with Crippen LogP contribution < -0.4 is 11.1 Å². The summed E-state index contributed by atoms with van der Waals surface area (Å²) in [5.41, 5.74) is 5.82. The van der Waals surface area contributed by atoms with Crippen LogP contribution in [0.3, 0.4) is 0 Å². The maximum absolute atomic E-state index is 12.2. The number of anilines is 1. The maximum atomic E-state index is 12.2. The van der Waals surface area contributed by atoms with Crippen molar-refractivity contribution in [3.8, 4) is 0 Å². The van der Waals surface area contributed by atoms with E-state index in [0.29, 0.717) is 5.13 Å². The Hall–Kier alpha value is -0.650. The number of nitrogens with one attached hydrogen (secondary N) is 1. The molecule has 1 saturated carbocycles. The molecule has 2 rings (SSSR count). The number of nitrogens with two attached hydrogens (primary N) is 1. The van der Waals surface area contributed by atoms with Crippen LogP contribution in [0.5, 0.6) is 0 Å². The Morgan fingerprint density at radius 2 is 2.33 bits per heavy atom. The Labute approximate surface area is 118 Å². The first-order valence-electron chi connectivity index (χ1n) is 6.01. The second kappa shape index (κ2) is 5.99. The molecule has 2 unspecified atom stereocenters. The largest absolute Gasteiger partial charge is 0.325 e. The monoisotopic (exact) mass is 289 g/mol. The molecule has 0 aliphatic heterocycles. The van der Waals surface area contributed by atoms with Crippen LogP contribution in [0.1, 0.15) is 37.5 Å². The molecule has 1 aromatic heterocycles. The standard InChI is InChI=1S/C12H19N3OS.ClH/c1-8-7-14-11(17-8)15-10(16)9-5-3-4-6-12(9,2)13;/h7,9H,3-6,13H2,1-2H3,(H,14,15,16);1H. The van der Waals surface area contributed by atoms with Crippen molar-refractivity contribution >= 4 is 34.8 Å². The third-order valence-electron chi connectivity index (χ3n) is 3.42. The van der Waals surface area contributed by atoms with Crippen molar-refractivity contribution in [2.24, 2.45) is 11.7 Å². The average molecular weight is 290 g/mol. The van der Waals surface area contributed by atoms with Crippen LogP contribution in [-0.2, 0) is 4.79 Å². The molecule has 1 heterocycles. The molecule has 4 nitrogen and oxygen atoms in total. The van der Waals surface area contributed by atoms with E-state index in [1.54, 1.807) is 6.20 Å². The number of carbonyl (C=O) groups excluding carboxylic acids is 1. The minimum absolute atomic E-state index is 0. The molecule has 1 amide bonds. The van der Waals surface area contributed by atoms with E-state index in [9.17, 15) is 4.79 Å². The molecule has 0 radical (unpaired) electrons. The van der Waals surface area contributed by atoms with Gasteiger partial charge in [-0.1, -0.05) is 12.8 Å². The molecule has 0 spiro atoms. The Kier molecular flexibility index (Phi) is 5.13. The zero-order valence-corrected chi connectivity index (χ0v) is 12.4. The fourth-order valence-electron chi connectivity index (χ4n) is 2.39. The Balaban J connectivity index is 0.00000162. The number of carbonyl (C=O) groups is 1. The van der Waals surface area contributed by atoms with Crippen LogP contribution in [0.25, 0.3) is 0 Å². The third-order valence-corrected chi connectivity index (χ3v) is 4.25. The molecule has 18 heavy (non-hydrogen) atoms. The second-order valence-electron chi connectivity index (χ2n) is 5.07. The molecule has 1 fully saturated rings. The number of nitrogens with zero attached hydrogens (tertiary/aromatic N) is 1. The van der Waals surface area contributed by atoms with E-state index in [0.717, 1.165) is 30.6 Å². The van der Waals surface area contributed by atoms with Gasteiger partial charge < -0.3 is 11.1 Å². The van der Waals surface area contributed by atoms with Crippen LogP contribution in [0, 0.1) is 12.8 Å². The summed E-state index contributed by atoms with van der Waals surface area (Å²) in [5, 5.41) is 3.55. The summed E-state index contributed by atoms with van der Waals surface area (Å²) in [6.07, 6.45) is 5.77. The van der Waals surface area contributed by atoms with Crippen molar-refractivity contribution in [2.75, 3.05) is 5.32 Å². The van der Waals surface area contributed by atoms with E-state index in [1.807, 2.05) is 13.8 Å². The van der Waals surface area contributed by atoms with Gasteiger partial charge in [0.05, 0.1) is 5.92 Å². The summed E-state index contributed by atoms with van der Waals surface area (Å²) in [5.74, 6) is -0.0792. The molecular weight excluding hydrogens is 270 g/mol. The first kappa shape index (κ1) is 15.4. The number of thiazole rings is 1. The minimum Gasteiger partial charge on any atom is -0.325 e. The van der Waals surface area contributed by atoms with E-state index < -0.39 is 0 Å². The number of amides is 1. The lowest BCUT2D eigenvalue weighted by Crippen LogP contribution is -2.51. The number of hydrogen-bond donors (Lipinski definition) is 2. The first-order chi connectivity index (χ1) is 7.99. The summed E-state index contributed by atoms with van der Waals surface area (Å²) in [6.45, 7) is 3.95. The number of aromatic nitrogens is 1. The fraction of sp³-hybridized carbons (Fsp3) is 0.667. The number of halogens is 1. The van der Waals surface area contributed by atoms with Gasteiger partial charge >= 0.3 is 0 Å². The van der Waals surface area contributed by atoms with E-state index in [4.69, 9.17) is 5.73 Å². The fourth-order valence-corrected chi connectivity index (χ4v) is 3.06. The zero-order valence-electron chi connectivity index (χ0n) is 10.7. The van der Waals surface area contributed by atoms with Crippen LogP contribution in [-0.4, -0.2) is 16.4 Å². The predicted octanol–water partition coefficient (Wildman–Crippen LogP) is 2.72. The normalized spacial score (nSPS) is 27.4. The first-order valence-corrected chi connectivity index (χ1v) is 6.83. The van der Waals surface area contributed by atoms with Crippen molar-refractivity contribution in [2.45, 2.75) is 45.1 Å². The lowest BCUT2D eigenvalue weighted by molar-refractivity contribution is -0.122. The lowest BCUT2D eigenvalue weighted by atomic mass is 9.74. The molecule has 0 bridgehead atoms. The van der Waals surface area contributed by atoms with Gasteiger partial charge in [0.1, 0.15) is 0 Å². The average Bonchev–Trinajstić information content (AvgIpc) is 2.63. The number of aryl methyl sites for hydroxylation is 1. The summed E-state index contributed by atoms with van der Waals surface area (Å²) < 4.78 is 0. The van der Waals surface area contributed by atoms with Crippen LogP contribution >= 0.6 is 23.7 Å². The highest BCUT2D eigenvalue weighted by Gasteiger charge is 2.37. The van der Waals surface area contributed by atoms with E-state index in [-0.39, 0.29) is 29.8 Å². The maximum Gasteiger partial charge on any atom is 0.231 e. The molecule has 6 heteroatoms. The van der Waals surface area contributed by atoms with Crippen LogP contribution in [0.2, 0.25) is 0 Å². The van der Waals surface area contributed by atoms with E-state index >= 15 is 0 Å². The Morgan fingerprint density at radius 1 is 1.61 bits per heavy atom. The van der Waals surface area contributed by atoms with Gasteiger partial charge in [-0.15, -0.1) is 23.7 Å². The Morgan fingerprint density at radius 3 is 2.89 bits per heavy atom. The highest BCUT2D eigenvalue weighted by atomic mass is 35.5. The van der Waals surface area contributed by atoms with E-state index in [2.05, 4.69) is 10.3 Å². The van der Waals surface area contributed by atoms with Gasteiger partial charge in [0, 0.05) is 16.6 Å². The number of rotatable bonds is 2.